The van der Waals surface area contributed by atoms with Gasteiger partial charge in [0.2, 0.25) is 0 Å². The number of urea groups is 1. The topological polar surface area (TPSA) is 58.7 Å². The molecule has 2 amide bonds. The van der Waals surface area contributed by atoms with Crippen LogP contribution in [0.5, 0.6) is 0 Å². The number of fused-ring (bicyclic) bond motifs is 1. The van der Waals surface area contributed by atoms with Crippen LogP contribution in [0.25, 0.3) is 0 Å². The Morgan fingerprint density at radius 1 is 1.42 bits per heavy atom. The van der Waals surface area contributed by atoms with Crippen LogP contribution in [-0.2, 0) is 12.8 Å². The van der Waals surface area contributed by atoms with Gasteiger partial charge in [-0.3, -0.25) is 4.90 Å². The maximum absolute atomic E-state index is 11.9. The van der Waals surface area contributed by atoms with E-state index in [4.69, 9.17) is 12.2 Å². The van der Waals surface area contributed by atoms with Crippen molar-refractivity contribution in [2.24, 2.45) is 10.7 Å². The number of carbonyl (C=O) groups is 1. The van der Waals surface area contributed by atoms with Crippen LogP contribution in [0.15, 0.2) is 29.3 Å². The van der Waals surface area contributed by atoms with Crippen molar-refractivity contribution in [2.75, 3.05) is 6.54 Å². The van der Waals surface area contributed by atoms with E-state index in [2.05, 4.69) is 23.0 Å². The lowest BCUT2D eigenvalue weighted by Gasteiger charge is -2.40. The predicted octanol–water partition coefficient (Wildman–Crippen LogP) is 1.34. The molecule has 0 saturated heterocycles. The molecule has 2 aliphatic rings. The average molecular weight is 253 g/mol. The molecular weight excluding hydrogens is 238 g/mol. The second kappa shape index (κ2) is 4.13. The predicted molar refractivity (Wildman–Crippen MR) is 73.8 cm³/mol. The van der Waals surface area contributed by atoms with Gasteiger partial charge in [0.25, 0.3) is 0 Å². The molecule has 0 aromatic heterocycles. The van der Waals surface area contributed by atoms with Crippen LogP contribution in [0, 0.1) is 12.3 Å². The van der Waals surface area contributed by atoms with Crippen LogP contribution in [0.3, 0.4) is 0 Å². The Kier molecular flexibility index (Phi) is 2.56. The first-order chi connectivity index (χ1) is 9.17. The summed E-state index contributed by atoms with van der Waals surface area (Å²) in [4.78, 5) is 17.5. The quantitative estimate of drug-likeness (QED) is 0.768. The molecule has 0 bridgehead atoms. The Hall–Kier alpha value is -2.28. The molecule has 2 N–H and O–H groups in total. The van der Waals surface area contributed by atoms with Crippen molar-refractivity contribution in [1.82, 2.24) is 4.90 Å². The van der Waals surface area contributed by atoms with E-state index >= 15 is 0 Å². The highest BCUT2D eigenvalue weighted by atomic mass is 16.2. The summed E-state index contributed by atoms with van der Waals surface area (Å²) in [5, 5.41) is 0. The molecule has 1 heterocycles. The van der Waals surface area contributed by atoms with E-state index < -0.39 is 5.54 Å². The molecule has 1 aromatic carbocycles. The summed E-state index contributed by atoms with van der Waals surface area (Å²) in [6.45, 7) is 0.255. The molecule has 3 rings (SSSR count). The summed E-state index contributed by atoms with van der Waals surface area (Å²) in [5.41, 5.74) is 8.06. The molecule has 96 valence electrons. The fourth-order valence-electron chi connectivity index (χ4n) is 3.07. The van der Waals surface area contributed by atoms with Gasteiger partial charge in [-0.05, 0) is 24.0 Å². The number of hydrogen-bond acceptors (Lipinski definition) is 2. The lowest BCUT2D eigenvalue weighted by Crippen LogP contribution is -2.57. The maximum atomic E-state index is 11.9. The molecule has 0 fully saturated rings. The molecule has 0 saturated carbocycles. The number of benzene rings is 1. The molecule has 19 heavy (non-hydrogen) atoms. The van der Waals surface area contributed by atoms with E-state index in [-0.39, 0.29) is 12.6 Å². The average Bonchev–Trinajstić information content (AvgIpc) is 2.64. The number of rotatable bonds is 1. The molecule has 4 nitrogen and oxygen atoms in total. The van der Waals surface area contributed by atoms with Crippen LogP contribution in [0.2, 0.25) is 0 Å². The minimum atomic E-state index is -0.516. The van der Waals surface area contributed by atoms with Crippen molar-refractivity contribution >= 4 is 11.9 Å². The molecule has 1 unspecified atom stereocenters. The largest absolute Gasteiger partial charge is 0.385 e. The highest BCUT2D eigenvalue weighted by Gasteiger charge is 2.49. The first kappa shape index (κ1) is 11.8. The third kappa shape index (κ3) is 1.62. The minimum Gasteiger partial charge on any atom is -0.385 e. The Balaban J connectivity index is 2.02. The van der Waals surface area contributed by atoms with E-state index in [1.165, 1.54) is 11.1 Å². The molecule has 1 atom stereocenters. The van der Waals surface area contributed by atoms with Crippen LogP contribution < -0.4 is 5.73 Å². The summed E-state index contributed by atoms with van der Waals surface area (Å²) in [7, 11) is 0. The monoisotopic (exact) mass is 253 g/mol. The van der Waals surface area contributed by atoms with Crippen molar-refractivity contribution in [2.45, 2.75) is 24.8 Å². The number of carbonyl (C=O) groups excluding carboxylic acids is 1. The Bertz CT molecular complexity index is 614. The van der Waals surface area contributed by atoms with Gasteiger partial charge in [-0.15, -0.1) is 6.42 Å². The number of aryl methyl sites for hydroxylation is 1. The maximum Gasteiger partial charge on any atom is 0.346 e. The Morgan fingerprint density at radius 2 is 2.16 bits per heavy atom. The van der Waals surface area contributed by atoms with E-state index in [1.54, 1.807) is 4.90 Å². The number of nitrogens with zero attached hydrogens (tertiary/aromatic N) is 2. The second-order valence-corrected chi connectivity index (χ2v) is 5.05. The van der Waals surface area contributed by atoms with Crippen LogP contribution in [-0.4, -0.2) is 28.9 Å². The summed E-state index contributed by atoms with van der Waals surface area (Å²) < 4.78 is 0. The zero-order chi connectivity index (χ0) is 13.5. The van der Waals surface area contributed by atoms with Crippen molar-refractivity contribution in [3.8, 4) is 12.3 Å². The van der Waals surface area contributed by atoms with Gasteiger partial charge in [0.15, 0.2) is 0 Å². The molecule has 1 aliphatic carbocycles. The first-order valence-corrected chi connectivity index (χ1v) is 6.34. The highest BCUT2D eigenvalue weighted by Crippen LogP contribution is 2.36. The van der Waals surface area contributed by atoms with E-state index in [0.29, 0.717) is 12.3 Å². The van der Waals surface area contributed by atoms with Crippen LogP contribution in [0.4, 0.5) is 4.79 Å². The number of terminal acetylenes is 1. The van der Waals surface area contributed by atoms with Gasteiger partial charge in [0.05, 0.1) is 6.54 Å². The van der Waals surface area contributed by atoms with Gasteiger partial charge in [0, 0.05) is 6.42 Å². The minimum absolute atomic E-state index is 0.255. The lowest BCUT2D eigenvalue weighted by atomic mass is 9.76. The number of aliphatic imine (C=N–C) groups is 1. The number of amides is 2. The number of amidine groups is 1. The van der Waals surface area contributed by atoms with Crippen LogP contribution >= 0.6 is 0 Å². The fourth-order valence-corrected chi connectivity index (χ4v) is 3.07. The molecule has 1 aliphatic heterocycles. The number of hydrogen-bond donors (Lipinski definition) is 1. The highest BCUT2D eigenvalue weighted by molar-refractivity contribution is 6.06. The van der Waals surface area contributed by atoms with Crippen molar-refractivity contribution in [1.29, 1.82) is 0 Å². The van der Waals surface area contributed by atoms with E-state index in [9.17, 15) is 4.79 Å². The third-order valence-electron chi connectivity index (χ3n) is 4.10. The molecular formula is C15H15N3O. The van der Waals surface area contributed by atoms with Gasteiger partial charge in [0.1, 0.15) is 11.4 Å². The van der Waals surface area contributed by atoms with E-state index in [1.807, 2.05) is 12.1 Å². The zero-order valence-electron chi connectivity index (χ0n) is 10.6. The Labute approximate surface area is 112 Å². The van der Waals surface area contributed by atoms with Crippen molar-refractivity contribution in [3.63, 3.8) is 0 Å². The Morgan fingerprint density at radius 3 is 2.89 bits per heavy atom. The van der Waals surface area contributed by atoms with E-state index in [0.717, 1.165) is 12.8 Å². The summed E-state index contributed by atoms with van der Waals surface area (Å²) in [6.07, 6.45) is 7.74. The SMILES string of the molecule is C#CCN1C(=O)N=C(N)C12CCc1ccccc1C2. The van der Waals surface area contributed by atoms with Gasteiger partial charge in [-0.1, -0.05) is 30.2 Å². The van der Waals surface area contributed by atoms with Crippen LogP contribution in [0.1, 0.15) is 17.5 Å². The van der Waals surface area contributed by atoms with Crippen molar-refractivity contribution in [3.05, 3.63) is 35.4 Å². The molecule has 1 spiro atoms. The van der Waals surface area contributed by atoms with Gasteiger partial charge in [-0.25, -0.2) is 4.79 Å². The summed E-state index contributed by atoms with van der Waals surface area (Å²) in [5.74, 6) is 2.94. The van der Waals surface area contributed by atoms with Gasteiger partial charge in [-0.2, -0.15) is 4.99 Å². The molecule has 1 aromatic rings. The second-order valence-electron chi connectivity index (χ2n) is 5.05. The molecule has 0 radical (unpaired) electrons. The third-order valence-corrected chi connectivity index (χ3v) is 4.10. The summed E-state index contributed by atoms with van der Waals surface area (Å²) >= 11 is 0. The number of nitrogens with two attached hydrogens (primary N) is 1. The van der Waals surface area contributed by atoms with Crippen molar-refractivity contribution < 1.29 is 4.79 Å². The lowest BCUT2D eigenvalue weighted by molar-refractivity contribution is 0.172. The smallest absolute Gasteiger partial charge is 0.346 e. The normalized spacial score (nSPS) is 25.1. The zero-order valence-corrected chi connectivity index (χ0v) is 10.6. The molecule has 4 heteroatoms. The fraction of sp³-hybridized carbons (Fsp3) is 0.333. The first-order valence-electron chi connectivity index (χ1n) is 6.34. The standard InChI is InChI=1S/C15H15N3O/c1-2-9-18-14(19)17-13(16)15(18)8-7-11-5-3-4-6-12(11)10-15/h1,3-6H,7-10H2,(H2,16,17,19). The summed E-state index contributed by atoms with van der Waals surface area (Å²) in [6, 6.07) is 7.94. The van der Waals surface area contributed by atoms with Gasteiger partial charge >= 0.3 is 6.03 Å². The van der Waals surface area contributed by atoms with Gasteiger partial charge < -0.3 is 5.73 Å².